The van der Waals surface area contributed by atoms with Crippen LogP contribution in [-0.2, 0) is 10.2 Å². The maximum absolute atomic E-state index is 13.4. The highest BCUT2D eigenvalue weighted by atomic mass is 35.5. The average Bonchev–Trinajstić information content (AvgIpc) is 2.88. The number of carbonyl (C=O) groups excluding carboxylic acids is 2. The highest BCUT2D eigenvalue weighted by molar-refractivity contribution is 6.31. The van der Waals surface area contributed by atoms with Crippen LogP contribution in [0, 0.1) is 0 Å². The molecule has 0 atom stereocenters. The largest absolute Gasteiger partial charge is 0.478 e. The molecule has 1 heterocycles. The van der Waals surface area contributed by atoms with Gasteiger partial charge in [0, 0.05) is 36.8 Å². The number of anilines is 2. The standard InChI is InChI=1S/C31H36ClN3O3/c1-30(2,3)23-11-14-25(15-12-23)38-31(4,5)29(37)33-26-21-24(32)13-16-27(26)34-17-19-35(20-18-34)28(36)22-9-7-6-8-10-22/h6-16,21H,17-20H2,1-5H3,(H,33,37). The van der Waals surface area contributed by atoms with Crippen LogP contribution in [-0.4, -0.2) is 48.5 Å². The molecule has 200 valence electrons. The van der Waals surface area contributed by atoms with Crippen LogP contribution in [0.1, 0.15) is 50.5 Å². The molecule has 1 saturated heterocycles. The summed E-state index contributed by atoms with van der Waals surface area (Å²) in [7, 11) is 0. The molecule has 0 aromatic heterocycles. The number of hydrogen-bond acceptors (Lipinski definition) is 4. The molecule has 6 nitrogen and oxygen atoms in total. The predicted molar refractivity (Wildman–Crippen MR) is 154 cm³/mol. The van der Waals surface area contributed by atoms with E-state index in [1.54, 1.807) is 19.9 Å². The molecule has 1 aliphatic rings. The Morgan fingerprint density at radius 1 is 0.842 bits per heavy atom. The fraction of sp³-hybridized carbons (Fsp3) is 0.355. The Morgan fingerprint density at radius 2 is 1.47 bits per heavy atom. The average molecular weight is 534 g/mol. The van der Waals surface area contributed by atoms with E-state index in [0.717, 1.165) is 5.69 Å². The van der Waals surface area contributed by atoms with Crippen molar-refractivity contribution in [2.24, 2.45) is 0 Å². The first-order chi connectivity index (χ1) is 17.9. The zero-order valence-corrected chi connectivity index (χ0v) is 23.5. The summed E-state index contributed by atoms with van der Waals surface area (Å²) in [5.41, 5.74) is 2.28. The Balaban J connectivity index is 1.44. The van der Waals surface area contributed by atoms with Crippen molar-refractivity contribution in [3.63, 3.8) is 0 Å². The number of carbonyl (C=O) groups is 2. The summed E-state index contributed by atoms with van der Waals surface area (Å²) in [6.07, 6.45) is 0. The van der Waals surface area contributed by atoms with Gasteiger partial charge in [0.15, 0.2) is 5.60 Å². The molecule has 0 radical (unpaired) electrons. The highest BCUT2D eigenvalue weighted by Crippen LogP contribution is 2.32. The van der Waals surface area contributed by atoms with Crippen molar-refractivity contribution in [2.45, 2.75) is 45.6 Å². The van der Waals surface area contributed by atoms with E-state index in [0.29, 0.717) is 48.2 Å². The number of benzene rings is 3. The minimum Gasteiger partial charge on any atom is -0.478 e. The fourth-order valence-electron chi connectivity index (χ4n) is 4.43. The third-order valence-electron chi connectivity index (χ3n) is 6.78. The number of piperazine rings is 1. The number of halogens is 1. The molecule has 0 unspecified atom stereocenters. The summed E-state index contributed by atoms with van der Waals surface area (Å²) in [6, 6.07) is 22.7. The van der Waals surface area contributed by atoms with E-state index in [4.69, 9.17) is 16.3 Å². The van der Waals surface area contributed by atoms with Gasteiger partial charge in [-0.25, -0.2) is 0 Å². The monoisotopic (exact) mass is 533 g/mol. The van der Waals surface area contributed by atoms with Crippen LogP contribution >= 0.6 is 11.6 Å². The van der Waals surface area contributed by atoms with E-state index in [1.807, 2.05) is 71.6 Å². The fourth-order valence-corrected chi connectivity index (χ4v) is 4.61. The van der Waals surface area contributed by atoms with Crippen LogP contribution < -0.4 is 15.0 Å². The minimum absolute atomic E-state index is 0.0318. The molecular formula is C31H36ClN3O3. The van der Waals surface area contributed by atoms with Crippen molar-refractivity contribution in [2.75, 3.05) is 36.4 Å². The maximum Gasteiger partial charge on any atom is 0.268 e. The van der Waals surface area contributed by atoms with Gasteiger partial charge in [0.2, 0.25) is 0 Å². The first kappa shape index (κ1) is 27.5. The normalized spacial score (nSPS) is 14.3. The van der Waals surface area contributed by atoms with E-state index in [9.17, 15) is 9.59 Å². The molecule has 0 spiro atoms. The Labute approximate surface area is 230 Å². The molecule has 3 aromatic rings. The lowest BCUT2D eigenvalue weighted by Gasteiger charge is -2.37. The number of rotatable bonds is 6. The van der Waals surface area contributed by atoms with Gasteiger partial charge in [-0.15, -0.1) is 0 Å². The molecule has 1 aliphatic heterocycles. The number of nitrogens with zero attached hydrogens (tertiary/aromatic N) is 2. The second-order valence-electron chi connectivity index (χ2n) is 11.1. The number of hydrogen-bond donors (Lipinski definition) is 1. The Hall–Kier alpha value is -3.51. The zero-order valence-electron chi connectivity index (χ0n) is 22.8. The van der Waals surface area contributed by atoms with Gasteiger partial charge in [0.25, 0.3) is 11.8 Å². The van der Waals surface area contributed by atoms with Gasteiger partial charge >= 0.3 is 0 Å². The molecule has 2 amide bonds. The zero-order chi connectivity index (χ0) is 27.5. The van der Waals surface area contributed by atoms with E-state index in [-0.39, 0.29) is 17.2 Å². The lowest BCUT2D eigenvalue weighted by Crippen LogP contribution is -2.49. The summed E-state index contributed by atoms with van der Waals surface area (Å²) < 4.78 is 6.10. The molecule has 3 aromatic carbocycles. The van der Waals surface area contributed by atoms with Gasteiger partial charge in [-0.3, -0.25) is 9.59 Å². The van der Waals surface area contributed by atoms with E-state index in [1.165, 1.54) is 5.56 Å². The highest BCUT2D eigenvalue weighted by Gasteiger charge is 2.32. The van der Waals surface area contributed by atoms with E-state index < -0.39 is 5.60 Å². The van der Waals surface area contributed by atoms with Gasteiger partial charge in [0.1, 0.15) is 5.75 Å². The summed E-state index contributed by atoms with van der Waals surface area (Å²) >= 11 is 6.31. The first-order valence-corrected chi connectivity index (χ1v) is 13.3. The van der Waals surface area contributed by atoms with E-state index >= 15 is 0 Å². The van der Waals surface area contributed by atoms with Crippen LogP contribution in [0.3, 0.4) is 0 Å². The molecule has 0 bridgehead atoms. The van der Waals surface area contributed by atoms with Gasteiger partial charge in [0.05, 0.1) is 11.4 Å². The number of amides is 2. The smallest absolute Gasteiger partial charge is 0.268 e. The first-order valence-electron chi connectivity index (χ1n) is 12.9. The molecule has 7 heteroatoms. The topological polar surface area (TPSA) is 61.9 Å². The molecule has 1 fully saturated rings. The number of ether oxygens (including phenoxy) is 1. The second kappa shape index (κ2) is 11.1. The molecule has 1 N–H and O–H groups in total. The van der Waals surface area contributed by atoms with Crippen molar-refractivity contribution >= 4 is 34.8 Å². The SMILES string of the molecule is CC(C)(Oc1ccc(C(C)(C)C)cc1)C(=O)Nc1cc(Cl)ccc1N1CCN(C(=O)c2ccccc2)CC1. The quantitative estimate of drug-likeness (QED) is 0.398. The summed E-state index contributed by atoms with van der Waals surface area (Å²) in [5.74, 6) is 0.381. The predicted octanol–water partition coefficient (Wildman–Crippen LogP) is 6.40. The third-order valence-corrected chi connectivity index (χ3v) is 7.01. The van der Waals surface area contributed by atoms with Crippen molar-refractivity contribution in [3.05, 3.63) is 88.9 Å². The second-order valence-corrected chi connectivity index (χ2v) is 11.6. The molecular weight excluding hydrogens is 498 g/mol. The van der Waals surface area contributed by atoms with Gasteiger partial charge in [-0.1, -0.05) is 62.7 Å². The minimum atomic E-state index is -1.12. The Morgan fingerprint density at radius 3 is 2.08 bits per heavy atom. The van der Waals surface area contributed by atoms with Crippen LogP contribution in [0.25, 0.3) is 0 Å². The molecule has 4 rings (SSSR count). The van der Waals surface area contributed by atoms with Crippen molar-refractivity contribution in [1.82, 2.24) is 4.90 Å². The van der Waals surface area contributed by atoms with Gasteiger partial charge in [-0.2, -0.15) is 0 Å². The van der Waals surface area contributed by atoms with Crippen LogP contribution in [0.4, 0.5) is 11.4 Å². The Bertz CT molecular complexity index is 1280. The summed E-state index contributed by atoms with van der Waals surface area (Å²) in [4.78, 5) is 30.2. The van der Waals surface area contributed by atoms with Crippen molar-refractivity contribution in [3.8, 4) is 5.75 Å². The van der Waals surface area contributed by atoms with Crippen LogP contribution in [0.15, 0.2) is 72.8 Å². The Kier molecular flexibility index (Phi) is 8.02. The van der Waals surface area contributed by atoms with Gasteiger partial charge in [-0.05, 0) is 67.3 Å². The lowest BCUT2D eigenvalue weighted by molar-refractivity contribution is -0.128. The molecule has 0 saturated carbocycles. The van der Waals surface area contributed by atoms with E-state index in [2.05, 4.69) is 31.0 Å². The summed E-state index contributed by atoms with van der Waals surface area (Å²) in [5, 5.41) is 3.56. The molecule has 0 aliphatic carbocycles. The van der Waals surface area contributed by atoms with Crippen molar-refractivity contribution < 1.29 is 14.3 Å². The molecule has 38 heavy (non-hydrogen) atoms. The van der Waals surface area contributed by atoms with Crippen LogP contribution in [0.5, 0.6) is 5.75 Å². The van der Waals surface area contributed by atoms with Crippen molar-refractivity contribution in [1.29, 1.82) is 0 Å². The van der Waals surface area contributed by atoms with Crippen LogP contribution in [0.2, 0.25) is 5.02 Å². The summed E-state index contributed by atoms with van der Waals surface area (Å²) in [6.45, 7) is 12.4. The third kappa shape index (κ3) is 6.48. The maximum atomic E-state index is 13.4. The number of nitrogens with one attached hydrogen (secondary N) is 1. The van der Waals surface area contributed by atoms with Gasteiger partial charge < -0.3 is 19.9 Å². The lowest BCUT2D eigenvalue weighted by atomic mass is 9.87.